The van der Waals surface area contributed by atoms with E-state index in [0.717, 1.165) is 0 Å². The quantitative estimate of drug-likeness (QED) is 0.477. The number of carbonyl (C=O) groups is 1. The molecule has 0 aromatic carbocycles. The fourth-order valence-electron chi connectivity index (χ4n) is 0.728. The molecule has 0 radical (unpaired) electrons. The molecular weight excluding hydrogens is 149 g/mol. The molecule has 0 aliphatic heterocycles. The largest absolute Gasteiger partial charge is 0.468 e. The number of rotatable bonds is 5. The van der Waals surface area contributed by atoms with Gasteiger partial charge in [-0.05, 0) is 19.3 Å². The van der Waals surface area contributed by atoms with Gasteiger partial charge < -0.3 is 10.5 Å². The van der Waals surface area contributed by atoms with Gasteiger partial charge in [0.25, 0.3) is 0 Å². The van der Waals surface area contributed by atoms with Crippen LogP contribution in [0.2, 0.25) is 0 Å². The van der Waals surface area contributed by atoms with E-state index in [4.69, 9.17) is 5.73 Å². The molecule has 0 fully saturated rings. The first-order valence-electron chi connectivity index (χ1n) is 3.61. The number of esters is 1. The average molecular weight is 163 g/mol. The van der Waals surface area contributed by atoms with Crippen LogP contribution in [0.3, 0.4) is 0 Å². The number of hydrogen-bond acceptors (Lipinski definition) is 3. The lowest BCUT2D eigenvalue weighted by Crippen LogP contribution is -2.31. The highest BCUT2D eigenvalue weighted by Gasteiger charge is 2.11. The van der Waals surface area contributed by atoms with E-state index in [1.54, 1.807) is 0 Å². The molecule has 0 amide bonds. The van der Waals surface area contributed by atoms with Gasteiger partial charge in [0.2, 0.25) is 0 Å². The Hall–Kier alpha value is -0.640. The Balaban J connectivity index is 3.36. The molecule has 0 saturated carbocycles. The summed E-state index contributed by atoms with van der Waals surface area (Å²) in [6.45, 7) is -0.353. The summed E-state index contributed by atoms with van der Waals surface area (Å²) in [5.74, 6) is -0.427. The van der Waals surface area contributed by atoms with E-state index in [1.807, 2.05) is 0 Å². The van der Waals surface area contributed by atoms with Crippen LogP contribution in [0, 0.1) is 0 Å². The summed E-state index contributed by atoms with van der Waals surface area (Å²) < 4.78 is 16.0. The number of alkyl halides is 1. The van der Waals surface area contributed by atoms with Crippen molar-refractivity contribution < 1.29 is 13.9 Å². The van der Waals surface area contributed by atoms with E-state index >= 15 is 0 Å². The lowest BCUT2D eigenvalue weighted by molar-refractivity contribution is -0.142. The number of nitrogens with two attached hydrogens (primary N) is 1. The van der Waals surface area contributed by atoms with Crippen LogP contribution in [0.15, 0.2) is 0 Å². The number of ether oxygens (including phenoxy) is 1. The maximum atomic E-state index is 11.6. The van der Waals surface area contributed by atoms with Crippen molar-refractivity contribution in [2.24, 2.45) is 5.73 Å². The first-order valence-corrected chi connectivity index (χ1v) is 3.61. The van der Waals surface area contributed by atoms with Crippen LogP contribution in [0.1, 0.15) is 19.3 Å². The highest BCUT2D eigenvalue weighted by Crippen LogP contribution is 2.00. The molecule has 0 spiro atoms. The van der Waals surface area contributed by atoms with E-state index in [9.17, 15) is 9.18 Å². The monoisotopic (exact) mass is 163 g/mol. The van der Waals surface area contributed by atoms with Crippen LogP contribution in [-0.4, -0.2) is 25.8 Å². The second-order valence-electron chi connectivity index (χ2n) is 2.31. The summed E-state index contributed by atoms with van der Waals surface area (Å²) in [5.41, 5.74) is 5.37. The Labute approximate surface area is 65.7 Å². The van der Waals surface area contributed by atoms with Crippen molar-refractivity contribution >= 4 is 5.97 Å². The van der Waals surface area contributed by atoms with E-state index in [2.05, 4.69) is 4.74 Å². The third kappa shape index (κ3) is 4.72. The van der Waals surface area contributed by atoms with E-state index < -0.39 is 12.0 Å². The molecule has 1 atom stereocenters. The van der Waals surface area contributed by atoms with E-state index in [-0.39, 0.29) is 6.67 Å². The van der Waals surface area contributed by atoms with Crippen LogP contribution in [-0.2, 0) is 9.53 Å². The molecule has 4 heteroatoms. The summed E-state index contributed by atoms with van der Waals surface area (Å²) in [6.07, 6.45) is 1.59. The standard InChI is InChI=1S/C7H14FNO2/c1-11-7(10)6(9)4-2-3-5-8/h6H,2-5,9H2,1H3/t6-/m1/s1. The molecular formula is C7H14FNO2. The third-order valence-corrected chi connectivity index (χ3v) is 1.40. The van der Waals surface area contributed by atoms with Crippen molar-refractivity contribution in [2.75, 3.05) is 13.8 Å². The molecule has 0 aromatic heterocycles. The summed E-state index contributed by atoms with van der Waals surface area (Å²) in [7, 11) is 1.29. The maximum Gasteiger partial charge on any atom is 0.322 e. The first kappa shape index (κ1) is 10.4. The zero-order chi connectivity index (χ0) is 8.69. The fourth-order valence-corrected chi connectivity index (χ4v) is 0.728. The van der Waals surface area contributed by atoms with Crippen molar-refractivity contribution in [3.05, 3.63) is 0 Å². The van der Waals surface area contributed by atoms with Gasteiger partial charge in [-0.25, -0.2) is 0 Å². The van der Waals surface area contributed by atoms with Gasteiger partial charge in [-0.3, -0.25) is 9.18 Å². The zero-order valence-electron chi connectivity index (χ0n) is 6.68. The van der Waals surface area contributed by atoms with Gasteiger partial charge in [-0.1, -0.05) is 0 Å². The Bertz CT molecular complexity index is 119. The van der Waals surface area contributed by atoms with Gasteiger partial charge in [0.1, 0.15) is 6.04 Å². The van der Waals surface area contributed by atoms with Crippen molar-refractivity contribution in [3.63, 3.8) is 0 Å². The summed E-state index contributed by atoms with van der Waals surface area (Å²) in [5, 5.41) is 0. The molecule has 2 N–H and O–H groups in total. The maximum absolute atomic E-state index is 11.6. The van der Waals surface area contributed by atoms with Crippen LogP contribution < -0.4 is 5.73 Å². The molecule has 0 saturated heterocycles. The molecule has 3 nitrogen and oxygen atoms in total. The number of carbonyl (C=O) groups excluding carboxylic acids is 1. The minimum Gasteiger partial charge on any atom is -0.468 e. The van der Waals surface area contributed by atoms with Gasteiger partial charge in [0.15, 0.2) is 0 Å². The third-order valence-electron chi connectivity index (χ3n) is 1.40. The van der Waals surface area contributed by atoms with Crippen LogP contribution in [0.25, 0.3) is 0 Å². The highest BCUT2D eigenvalue weighted by atomic mass is 19.1. The van der Waals surface area contributed by atoms with Crippen molar-refractivity contribution in [2.45, 2.75) is 25.3 Å². The summed E-state index contributed by atoms with van der Waals surface area (Å²) in [4.78, 5) is 10.7. The van der Waals surface area contributed by atoms with Crippen molar-refractivity contribution in [1.82, 2.24) is 0 Å². The Morgan fingerprint density at radius 3 is 2.73 bits per heavy atom. The number of hydrogen-bond donors (Lipinski definition) is 1. The first-order chi connectivity index (χ1) is 5.22. The fraction of sp³-hybridized carbons (Fsp3) is 0.857. The predicted octanol–water partition coefficient (Wildman–Crippen LogP) is 0.626. The van der Waals surface area contributed by atoms with Crippen LogP contribution >= 0.6 is 0 Å². The number of unbranched alkanes of at least 4 members (excludes halogenated alkanes) is 1. The number of halogens is 1. The summed E-state index contributed by atoms with van der Waals surface area (Å²) >= 11 is 0. The molecule has 0 heterocycles. The minimum atomic E-state index is -0.591. The topological polar surface area (TPSA) is 52.3 Å². The lowest BCUT2D eigenvalue weighted by atomic mass is 10.1. The minimum absolute atomic E-state index is 0.353. The highest BCUT2D eigenvalue weighted by molar-refractivity contribution is 5.75. The molecule has 0 rings (SSSR count). The zero-order valence-corrected chi connectivity index (χ0v) is 6.68. The Morgan fingerprint density at radius 1 is 1.64 bits per heavy atom. The predicted molar refractivity (Wildman–Crippen MR) is 39.8 cm³/mol. The molecule has 0 aliphatic carbocycles. The van der Waals surface area contributed by atoms with E-state index in [0.29, 0.717) is 19.3 Å². The van der Waals surface area contributed by atoms with Gasteiger partial charge in [0.05, 0.1) is 13.8 Å². The molecule has 11 heavy (non-hydrogen) atoms. The molecule has 0 bridgehead atoms. The van der Waals surface area contributed by atoms with Gasteiger partial charge in [-0.2, -0.15) is 0 Å². The molecule has 0 unspecified atom stereocenters. The number of methoxy groups -OCH3 is 1. The normalized spacial score (nSPS) is 12.6. The second kappa shape index (κ2) is 6.09. The van der Waals surface area contributed by atoms with Crippen molar-refractivity contribution in [3.8, 4) is 0 Å². The van der Waals surface area contributed by atoms with E-state index in [1.165, 1.54) is 7.11 Å². The molecule has 0 aromatic rings. The average Bonchev–Trinajstić information content (AvgIpc) is 2.03. The van der Waals surface area contributed by atoms with Crippen LogP contribution in [0.5, 0.6) is 0 Å². The molecule has 66 valence electrons. The van der Waals surface area contributed by atoms with Gasteiger partial charge in [-0.15, -0.1) is 0 Å². The lowest BCUT2D eigenvalue weighted by Gasteiger charge is -2.06. The smallest absolute Gasteiger partial charge is 0.322 e. The van der Waals surface area contributed by atoms with Crippen LogP contribution in [0.4, 0.5) is 4.39 Å². The SMILES string of the molecule is COC(=O)[C@H](N)CCCCF. The Kier molecular flexibility index (Phi) is 5.74. The Morgan fingerprint density at radius 2 is 2.27 bits per heavy atom. The van der Waals surface area contributed by atoms with Crippen molar-refractivity contribution in [1.29, 1.82) is 0 Å². The van der Waals surface area contributed by atoms with Gasteiger partial charge in [0, 0.05) is 0 Å². The second-order valence-corrected chi connectivity index (χ2v) is 2.31. The summed E-state index contributed by atoms with van der Waals surface area (Å²) in [6, 6.07) is -0.591. The van der Waals surface area contributed by atoms with Gasteiger partial charge >= 0.3 is 5.97 Å². The molecule has 0 aliphatic rings.